The SMILES string of the molecule is O=C(NCC1CC(O)C1)c1cc(F)ccc1F. The Labute approximate surface area is 97.5 Å². The molecule has 1 aliphatic rings. The largest absolute Gasteiger partial charge is 0.393 e. The second kappa shape index (κ2) is 4.79. The Hall–Kier alpha value is -1.49. The summed E-state index contributed by atoms with van der Waals surface area (Å²) in [5.41, 5.74) is -0.287. The van der Waals surface area contributed by atoms with E-state index in [1.807, 2.05) is 0 Å². The summed E-state index contributed by atoms with van der Waals surface area (Å²) in [5, 5.41) is 11.6. The summed E-state index contributed by atoms with van der Waals surface area (Å²) >= 11 is 0. The third-order valence-corrected chi connectivity index (χ3v) is 2.94. The maximum atomic E-state index is 13.2. The molecule has 0 saturated heterocycles. The maximum Gasteiger partial charge on any atom is 0.254 e. The number of amides is 1. The summed E-state index contributed by atoms with van der Waals surface area (Å²) in [7, 11) is 0. The lowest BCUT2D eigenvalue weighted by atomic mass is 9.82. The standard InChI is InChI=1S/C12H13F2NO2/c13-8-1-2-11(14)10(5-8)12(17)15-6-7-3-9(16)4-7/h1-2,5,7,9,16H,3-4,6H2,(H,15,17). The van der Waals surface area contributed by atoms with Crippen LogP contribution in [0.1, 0.15) is 23.2 Å². The van der Waals surface area contributed by atoms with Gasteiger partial charge in [-0.3, -0.25) is 4.79 Å². The van der Waals surface area contributed by atoms with Crippen molar-refractivity contribution in [2.24, 2.45) is 5.92 Å². The lowest BCUT2D eigenvalue weighted by molar-refractivity contribution is 0.0420. The molecule has 1 aromatic rings. The fourth-order valence-electron chi connectivity index (χ4n) is 1.87. The van der Waals surface area contributed by atoms with Gasteiger partial charge in [-0.1, -0.05) is 0 Å². The third-order valence-electron chi connectivity index (χ3n) is 2.94. The Bertz CT molecular complexity index is 431. The summed E-state index contributed by atoms with van der Waals surface area (Å²) in [6.45, 7) is 0.381. The Kier molecular flexibility index (Phi) is 3.38. The second-order valence-corrected chi connectivity index (χ2v) is 4.33. The molecule has 0 atom stereocenters. The van der Waals surface area contributed by atoms with Crippen LogP contribution in [0, 0.1) is 17.6 Å². The first-order valence-corrected chi connectivity index (χ1v) is 5.47. The van der Waals surface area contributed by atoms with Crippen LogP contribution in [0.15, 0.2) is 18.2 Å². The van der Waals surface area contributed by atoms with Crippen molar-refractivity contribution in [3.63, 3.8) is 0 Å². The van der Waals surface area contributed by atoms with Crippen molar-refractivity contribution in [3.05, 3.63) is 35.4 Å². The molecular weight excluding hydrogens is 228 g/mol. The molecule has 1 amide bonds. The van der Waals surface area contributed by atoms with Crippen molar-refractivity contribution in [1.29, 1.82) is 0 Å². The Morgan fingerprint density at radius 1 is 1.41 bits per heavy atom. The van der Waals surface area contributed by atoms with Gasteiger partial charge in [-0.25, -0.2) is 8.78 Å². The third kappa shape index (κ3) is 2.79. The van der Waals surface area contributed by atoms with Crippen LogP contribution in [-0.2, 0) is 0 Å². The summed E-state index contributed by atoms with van der Waals surface area (Å²) in [5.74, 6) is -1.78. The maximum absolute atomic E-state index is 13.2. The predicted molar refractivity (Wildman–Crippen MR) is 57.4 cm³/mol. The lowest BCUT2D eigenvalue weighted by Gasteiger charge is -2.31. The Balaban J connectivity index is 1.92. The van der Waals surface area contributed by atoms with Gasteiger partial charge in [-0.2, -0.15) is 0 Å². The van der Waals surface area contributed by atoms with Crippen LogP contribution < -0.4 is 5.32 Å². The van der Waals surface area contributed by atoms with Gasteiger partial charge in [0.1, 0.15) is 11.6 Å². The molecule has 3 nitrogen and oxygen atoms in total. The van der Waals surface area contributed by atoms with E-state index in [2.05, 4.69) is 5.32 Å². The fraction of sp³-hybridized carbons (Fsp3) is 0.417. The van der Waals surface area contributed by atoms with Crippen LogP contribution in [0.5, 0.6) is 0 Å². The van der Waals surface area contributed by atoms with Gasteiger partial charge in [-0.05, 0) is 37.0 Å². The highest BCUT2D eigenvalue weighted by Crippen LogP contribution is 2.26. The molecule has 5 heteroatoms. The first kappa shape index (κ1) is 12.0. The van der Waals surface area contributed by atoms with Crippen LogP contribution in [0.2, 0.25) is 0 Å². The minimum absolute atomic E-state index is 0.227. The van der Waals surface area contributed by atoms with E-state index in [-0.39, 0.29) is 17.6 Å². The van der Waals surface area contributed by atoms with E-state index in [9.17, 15) is 13.6 Å². The molecule has 0 spiro atoms. The molecule has 0 bridgehead atoms. The first-order valence-electron chi connectivity index (χ1n) is 5.47. The zero-order valence-electron chi connectivity index (χ0n) is 9.12. The normalized spacial score (nSPS) is 23.0. The fourth-order valence-corrected chi connectivity index (χ4v) is 1.87. The number of carbonyl (C=O) groups is 1. The average Bonchev–Trinajstić information content (AvgIpc) is 2.26. The molecule has 1 fully saturated rings. The molecule has 17 heavy (non-hydrogen) atoms. The molecule has 0 heterocycles. The van der Waals surface area contributed by atoms with Crippen LogP contribution >= 0.6 is 0 Å². The van der Waals surface area contributed by atoms with Crippen LogP contribution in [0.25, 0.3) is 0 Å². The highest BCUT2D eigenvalue weighted by Gasteiger charge is 2.27. The monoisotopic (exact) mass is 241 g/mol. The topological polar surface area (TPSA) is 49.3 Å². The van der Waals surface area contributed by atoms with E-state index in [0.717, 1.165) is 18.2 Å². The van der Waals surface area contributed by atoms with Crippen LogP contribution in [0.3, 0.4) is 0 Å². The number of benzene rings is 1. The van der Waals surface area contributed by atoms with Crippen molar-refractivity contribution in [2.45, 2.75) is 18.9 Å². The van der Waals surface area contributed by atoms with Gasteiger partial charge >= 0.3 is 0 Å². The molecule has 0 aromatic heterocycles. The molecule has 92 valence electrons. The van der Waals surface area contributed by atoms with Gasteiger partial charge in [0.15, 0.2) is 0 Å². The number of nitrogens with one attached hydrogen (secondary N) is 1. The number of carbonyl (C=O) groups excluding carboxylic acids is 1. The van der Waals surface area contributed by atoms with Crippen molar-refractivity contribution in [2.75, 3.05) is 6.54 Å². The van der Waals surface area contributed by atoms with Gasteiger partial charge in [0, 0.05) is 6.54 Å². The minimum atomic E-state index is -0.738. The molecule has 0 unspecified atom stereocenters. The zero-order chi connectivity index (χ0) is 12.4. The number of rotatable bonds is 3. The summed E-state index contributed by atoms with van der Waals surface area (Å²) in [6, 6.07) is 2.77. The molecule has 1 aliphatic carbocycles. The second-order valence-electron chi connectivity index (χ2n) is 4.33. The number of aliphatic hydroxyl groups is 1. The summed E-state index contributed by atoms with van der Waals surface area (Å²) in [6.07, 6.45) is 1.00. The van der Waals surface area contributed by atoms with Gasteiger partial charge < -0.3 is 10.4 Å². The van der Waals surface area contributed by atoms with Crippen molar-refractivity contribution in [1.82, 2.24) is 5.32 Å². The number of hydrogen-bond acceptors (Lipinski definition) is 2. The van der Waals surface area contributed by atoms with E-state index in [0.29, 0.717) is 19.4 Å². The quantitative estimate of drug-likeness (QED) is 0.841. The Morgan fingerprint density at radius 2 is 2.12 bits per heavy atom. The zero-order valence-corrected chi connectivity index (χ0v) is 9.12. The van der Waals surface area contributed by atoms with Crippen molar-refractivity contribution >= 4 is 5.91 Å². The van der Waals surface area contributed by atoms with Gasteiger partial charge in [0.25, 0.3) is 5.91 Å². The summed E-state index contributed by atoms with van der Waals surface area (Å²) < 4.78 is 26.1. The molecule has 2 rings (SSSR count). The first-order chi connectivity index (χ1) is 8.06. The van der Waals surface area contributed by atoms with Crippen LogP contribution in [-0.4, -0.2) is 23.7 Å². The predicted octanol–water partition coefficient (Wildman–Crippen LogP) is 1.47. The smallest absolute Gasteiger partial charge is 0.254 e. The number of hydrogen-bond donors (Lipinski definition) is 2. The van der Waals surface area contributed by atoms with E-state index < -0.39 is 17.5 Å². The highest BCUT2D eigenvalue weighted by molar-refractivity contribution is 5.94. The van der Waals surface area contributed by atoms with E-state index in [1.165, 1.54) is 0 Å². The minimum Gasteiger partial charge on any atom is -0.393 e. The van der Waals surface area contributed by atoms with E-state index in [4.69, 9.17) is 5.11 Å². The van der Waals surface area contributed by atoms with Crippen molar-refractivity contribution in [3.8, 4) is 0 Å². The van der Waals surface area contributed by atoms with Gasteiger partial charge in [-0.15, -0.1) is 0 Å². The average molecular weight is 241 g/mol. The van der Waals surface area contributed by atoms with Crippen molar-refractivity contribution < 1.29 is 18.7 Å². The molecule has 1 aromatic carbocycles. The lowest BCUT2D eigenvalue weighted by Crippen LogP contribution is -2.38. The Morgan fingerprint density at radius 3 is 2.76 bits per heavy atom. The molecule has 0 aliphatic heterocycles. The number of aliphatic hydroxyl groups excluding tert-OH is 1. The molecular formula is C12H13F2NO2. The van der Waals surface area contributed by atoms with E-state index in [1.54, 1.807) is 0 Å². The molecule has 2 N–H and O–H groups in total. The van der Waals surface area contributed by atoms with Crippen LogP contribution in [0.4, 0.5) is 8.78 Å². The van der Waals surface area contributed by atoms with Gasteiger partial charge in [0.05, 0.1) is 11.7 Å². The molecule has 0 radical (unpaired) electrons. The highest BCUT2D eigenvalue weighted by atomic mass is 19.1. The number of halogens is 2. The summed E-state index contributed by atoms with van der Waals surface area (Å²) in [4.78, 5) is 11.6. The van der Waals surface area contributed by atoms with E-state index >= 15 is 0 Å². The molecule has 1 saturated carbocycles. The van der Waals surface area contributed by atoms with Gasteiger partial charge in [0.2, 0.25) is 0 Å².